The fourth-order valence-electron chi connectivity index (χ4n) is 1.24. The van der Waals surface area contributed by atoms with Crippen LogP contribution >= 0.6 is 0 Å². The number of aromatic nitrogens is 2. The minimum atomic E-state index is 0.312. The van der Waals surface area contributed by atoms with Gasteiger partial charge in [0.1, 0.15) is 0 Å². The molecule has 0 aliphatic carbocycles. The van der Waals surface area contributed by atoms with Gasteiger partial charge in [0.15, 0.2) is 0 Å². The van der Waals surface area contributed by atoms with E-state index in [0.29, 0.717) is 5.41 Å². The van der Waals surface area contributed by atoms with Crippen LogP contribution in [0, 0.1) is 0 Å². The van der Waals surface area contributed by atoms with Crippen molar-refractivity contribution < 1.29 is 0 Å². The van der Waals surface area contributed by atoms with Crippen LogP contribution in [0.25, 0.3) is 0 Å². The molecule has 62 valence electrons. The van der Waals surface area contributed by atoms with E-state index in [1.807, 2.05) is 12.4 Å². The third-order valence-electron chi connectivity index (χ3n) is 2.76. The Morgan fingerprint density at radius 3 is 2.45 bits per heavy atom. The van der Waals surface area contributed by atoms with E-state index in [1.54, 1.807) is 0 Å². The van der Waals surface area contributed by atoms with Gasteiger partial charge in [-0.2, -0.15) is 5.10 Å². The molecule has 0 atom stereocenters. The van der Waals surface area contributed by atoms with E-state index in [-0.39, 0.29) is 0 Å². The minimum absolute atomic E-state index is 0.312. The van der Waals surface area contributed by atoms with Gasteiger partial charge in [0.25, 0.3) is 0 Å². The lowest BCUT2D eigenvalue weighted by atomic mass is 9.80. The highest BCUT2D eigenvalue weighted by Crippen LogP contribution is 2.29. The van der Waals surface area contributed by atoms with Crippen molar-refractivity contribution in [3.8, 4) is 0 Å². The second-order valence-electron chi connectivity index (χ2n) is 3.25. The summed E-state index contributed by atoms with van der Waals surface area (Å²) >= 11 is 0. The molecule has 0 bridgehead atoms. The monoisotopic (exact) mass is 152 g/mol. The number of nitrogens with zero attached hydrogens (tertiary/aromatic N) is 1. The van der Waals surface area contributed by atoms with Crippen LogP contribution in [0.1, 0.15) is 39.2 Å². The fraction of sp³-hybridized carbons (Fsp3) is 0.667. The first-order chi connectivity index (χ1) is 5.23. The van der Waals surface area contributed by atoms with E-state index >= 15 is 0 Å². The molecule has 0 saturated carbocycles. The Morgan fingerprint density at radius 1 is 1.45 bits per heavy atom. The highest BCUT2D eigenvalue weighted by Gasteiger charge is 2.22. The summed E-state index contributed by atoms with van der Waals surface area (Å²) in [5.74, 6) is 0. The Morgan fingerprint density at radius 2 is 2.09 bits per heavy atom. The number of hydrogen-bond acceptors (Lipinski definition) is 1. The average Bonchev–Trinajstić information content (AvgIpc) is 2.55. The molecular formula is C9H16N2. The highest BCUT2D eigenvalue weighted by molar-refractivity contribution is 5.16. The summed E-state index contributed by atoms with van der Waals surface area (Å²) < 4.78 is 0. The zero-order chi connectivity index (χ0) is 8.32. The van der Waals surface area contributed by atoms with Gasteiger partial charge in [-0.1, -0.05) is 20.8 Å². The summed E-state index contributed by atoms with van der Waals surface area (Å²) in [4.78, 5) is 0. The maximum absolute atomic E-state index is 3.96. The van der Waals surface area contributed by atoms with Crippen LogP contribution in [0.2, 0.25) is 0 Å². The van der Waals surface area contributed by atoms with Crippen LogP contribution in [-0.4, -0.2) is 10.2 Å². The number of H-pyrrole nitrogens is 1. The molecule has 0 aliphatic heterocycles. The van der Waals surface area contributed by atoms with Crippen molar-refractivity contribution in [1.29, 1.82) is 0 Å². The van der Waals surface area contributed by atoms with Crippen molar-refractivity contribution >= 4 is 0 Å². The zero-order valence-electron chi connectivity index (χ0n) is 7.52. The second kappa shape index (κ2) is 3.07. The van der Waals surface area contributed by atoms with Crippen molar-refractivity contribution in [3.63, 3.8) is 0 Å². The van der Waals surface area contributed by atoms with E-state index in [4.69, 9.17) is 0 Å². The molecule has 0 saturated heterocycles. The van der Waals surface area contributed by atoms with Crippen LogP contribution in [-0.2, 0) is 5.41 Å². The van der Waals surface area contributed by atoms with Crippen LogP contribution in [0.5, 0.6) is 0 Å². The molecule has 0 fully saturated rings. The normalized spacial score (nSPS) is 11.9. The molecule has 1 heterocycles. The van der Waals surface area contributed by atoms with Crippen molar-refractivity contribution in [1.82, 2.24) is 10.2 Å². The van der Waals surface area contributed by atoms with Gasteiger partial charge in [-0.15, -0.1) is 0 Å². The van der Waals surface area contributed by atoms with Crippen molar-refractivity contribution in [2.24, 2.45) is 0 Å². The average molecular weight is 152 g/mol. The number of aromatic amines is 1. The Labute approximate surface area is 68.0 Å². The van der Waals surface area contributed by atoms with Crippen molar-refractivity contribution in [2.45, 2.75) is 39.0 Å². The Kier molecular flexibility index (Phi) is 2.32. The quantitative estimate of drug-likeness (QED) is 0.708. The van der Waals surface area contributed by atoms with Gasteiger partial charge in [0.05, 0.1) is 6.20 Å². The van der Waals surface area contributed by atoms with Gasteiger partial charge in [0.2, 0.25) is 0 Å². The summed E-state index contributed by atoms with van der Waals surface area (Å²) in [5, 5.41) is 6.81. The van der Waals surface area contributed by atoms with E-state index < -0.39 is 0 Å². The first-order valence-electron chi connectivity index (χ1n) is 4.22. The summed E-state index contributed by atoms with van der Waals surface area (Å²) in [7, 11) is 0. The molecule has 1 N–H and O–H groups in total. The Bertz CT molecular complexity index is 197. The van der Waals surface area contributed by atoms with E-state index in [0.717, 1.165) is 0 Å². The summed E-state index contributed by atoms with van der Waals surface area (Å²) in [6, 6.07) is 0. The molecule has 1 aromatic rings. The first kappa shape index (κ1) is 8.31. The van der Waals surface area contributed by atoms with Gasteiger partial charge in [-0.05, 0) is 23.8 Å². The Balaban J connectivity index is 2.87. The third-order valence-corrected chi connectivity index (χ3v) is 2.76. The first-order valence-corrected chi connectivity index (χ1v) is 4.22. The van der Waals surface area contributed by atoms with Crippen molar-refractivity contribution in [3.05, 3.63) is 18.0 Å². The summed E-state index contributed by atoms with van der Waals surface area (Å²) in [6.45, 7) is 6.71. The number of rotatable bonds is 3. The van der Waals surface area contributed by atoms with E-state index in [9.17, 15) is 0 Å². The topological polar surface area (TPSA) is 28.7 Å². The molecule has 0 aromatic carbocycles. The minimum Gasteiger partial charge on any atom is -0.285 e. The summed E-state index contributed by atoms with van der Waals surface area (Å²) in [5.41, 5.74) is 1.63. The number of hydrogen-bond donors (Lipinski definition) is 1. The van der Waals surface area contributed by atoms with Gasteiger partial charge in [-0.25, -0.2) is 0 Å². The molecule has 2 heteroatoms. The fourth-order valence-corrected chi connectivity index (χ4v) is 1.24. The molecule has 11 heavy (non-hydrogen) atoms. The second-order valence-corrected chi connectivity index (χ2v) is 3.25. The van der Waals surface area contributed by atoms with Gasteiger partial charge >= 0.3 is 0 Å². The maximum atomic E-state index is 3.96. The smallest absolute Gasteiger partial charge is 0.0524 e. The predicted octanol–water partition coefficient (Wildman–Crippen LogP) is 2.49. The molecule has 1 aromatic heterocycles. The lowest BCUT2D eigenvalue weighted by molar-refractivity contribution is 0.439. The van der Waals surface area contributed by atoms with Crippen LogP contribution < -0.4 is 0 Å². The maximum Gasteiger partial charge on any atom is 0.0524 e. The van der Waals surface area contributed by atoms with Gasteiger partial charge in [0, 0.05) is 6.20 Å². The molecule has 0 spiro atoms. The molecule has 0 amide bonds. The molecular weight excluding hydrogens is 136 g/mol. The number of nitrogens with one attached hydrogen (secondary N) is 1. The molecule has 0 unspecified atom stereocenters. The zero-order valence-corrected chi connectivity index (χ0v) is 7.52. The van der Waals surface area contributed by atoms with Crippen LogP contribution in [0.3, 0.4) is 0 Å². The molecule has 1 rings (SSSR count). The van der Waals surface area contributed by atoms with Gasteiger partial charge < -0.3 is 0 Å². The molecule has 2 nitrogen and oxygen atoms in total. The predicted molar refractivity (Wildman–Crippen MR) is 46.5 cm³/mol. The lowest BCUT2D eigenvalue weighted by Gasteiger charge is -2.24. The Hall–Kier alpha value is -0.790. The molecule has 0 aliphatic rings. The standard InChI is InChI=1S/C9H16N2/c1-4-9(3,5-2)8-6-10-11-7-8/h6-7H,4-5H2,1-3H3,(H,10,11). The van der Waals surface area contributed by atoms with Crippen molar-refractivity contribution in [2.75, 3.05) is 0 Å². The van der Waals surface area contributed by atoms with E-state index in [1.165, 1.54) is 18.4 Å². The van der Waals surface area contributed by atoms with E-state index in [2.05, 4.69) is 31.0 Å². The van der Waals surface area contributed by atoms with Crippen LogP contribution in [0.15, 0.2) is 12.4 Å². The molecule has 0 radical (unpaired) electrons. The third kappa shape index (κ3) is 1.44. The van der Waals surface area contributed by atoms with Crippen LogP contribution in [0.4, 0.5) is 0 Å². The largest absolute Gasteiger partial charge is 0.285 e. The summed E-state index contributed by atoms with van der Waals surface area (Å²) in [6.07, 6.45) is 6.26. The van der Waals surface area contributed by atoms with Gasteiger partial charge in [-0.3, -0.25) is 5.10 Å². The lowest BCUT2D eigenvalue weighted by Crippen LogP contribution is -2.18. The highest BCUT2D eigenvalue weighted by atomic mass is 15.1. The SMILES string of the molecule is CCC(C)(CC)c1cn[nH]c1.